The molecule has 2 N–H and O–H groups in total. The third kappa shape index (κ3) is 6.73. The largest absolute Gasteiger partial charge is 0.508 e. The molecule has 30 heavy (non-hydrogen) atoms. The Morgan fingerprint density at radius 1 is 1.00 bits per heavy atom. The Morgan fingerprint density at radius 3 is 2.10 bits per heavy atom. The summed E-state index contributed by atoms with van der Waals surface area (Å²) in [5.74, 6) is 1.73. The van der Waals surface area contributed by atoms with Crippen molar-refractivity contribution >= 4 is 17.8 Å². The van der Waals surface area contributed by atoms with Gasteiger partial charge in [-0.05, 0) is 106 Å². The number of ether oxygens (including phenoxy) is 1. The minimum atomic E-state index is -0.0897. The van der Waals surface area contributed by atoms with Gasteiger partial charge in [0.2, 0.25) is 0 Å². The average Bonchev–Trinajstić information content (AvgIpc) is 2.73. The summed E-state index contributed by atoms with van der Waals surface area (Å²) in [6.45, 7) is 16.2. The fourth-order valence-corrected chi connectivity index (χ4v) is 3.48. The van der Waals surface area contributed by atoms with Gasteiger partial charge in [0.15, 0.2) is 0 Å². The predicted octanol–water partition coefficient (Wildman–Crippen LogP) is 7.56. The molecular formula is C26H38O3S. The molecule has 0 atom stereocenters. The summed E-state index contributed by atoms with van der Waals surface area (Å²) < 4.78 is 6.06. The van der Waals surface area contributed by atoms with E-state index in [1.807, 2.05) is 53.0 Å². The molecule has 2 aromatic carbocycles. The van der Waals surface area contributed by atoms with Crippen LogP contribution in [0.15, 0.2) is 29.2 Å². The number of aromatic hydroxyl groups is 2. The van der Waals surface area contributed by atoms with E-state index in [9.17, 15) is 5.11 Å². The fraction of sp³-hybridized carbons (Fsp3) is 0.462. The van der Waals surface area contributed by atoms with Crippen LogP contribution in [0.3, 0.4) is 0 Å². The van der Waals surface area contributed by atoms with E-state index in [0.29, 0.717) is 11.5 Å². The second kappa shape index (κ2) is 11.4. The standard InChI is InChI=1S/C14H20O2.C10H12OS.C2H6/c1-8-9(2)13-11(10(3)12(8)15)6-7-14(4,5)16-13;1-8(12-2)7-9-3-5-10(11)6-4-9;1-2/h15H,6-7H2,1-5H3;3-7,11H,1-2H3;1-2H3/b;8-7-;. The lowest BCUT2D eigenvalue weighted by Gasteiger charge is -2.35. The van der Waals surface area contributed by atoms with Gasteiger partial charge in [-0.2, -0.15) is 0 Å². The summed E-state index contributed by atoms with van der Waals surface area (Å²) in [7, 11) is 0. The van der Waals surface area contributed by atoms with Crippen LogP contribution >= 0.6 is 11.8 Å². The van der Waals surface area contributed by atoms with Gasteiger partial charge in [0.1, 0.15) is 22.8 Å². The van der Waals surface area contributed by atoms with Crippen LogP contribution in [0.2, 0.25) is 0 Å². The average molecular weight is 431 g/mol. The van der Waals surface area contributed by atoms with E-state index in [-0.39, 0.29) is 5.60 Å². The van der Waals surface area contributed by atoms with Crippen LogP contribution in [0.25, 0.3) is 6.08 Å². The third-order valence-corrected chi connectivity index (χ3v) is 6.04. The Bertz CT molecular complexity index is 865. The van der Waals surface area contributed by atoms with Crippen LogP contribution in [0.5, 0.6) is 17.2 Å². The van der Waals surface area contributed by atoms with E-state index in [0.717, 1.165) is 40.8 Å². The first kappa shape index (κ1) is 26.0. The molecule has 0 amide bonds. The molecule has 3 rings (SSSR count). The zero-order valence-electron chi connectivity index (χ0n) is 20.0. The van der Waals surface area contributed by atoms with Crippen LogP contribution in [-0.4, -0.2) is 22.1 Å². The van der Waals surface area contributed by atoms with Gasteiger partial charge < -0.3 is 14.9 Å². The van der Waals surface area contributed by atoms with Gasteiger partial charge >= 0.3 is 0 Å². The van der Waals surface area contributed by atoms with Crippen molar-refractivity contribution < 1.29 is 14.9 Å². The quantitative estimate of drug-likeness (QED) is 0.516. The van der Waals surface area contributed by atoms with E-state index in [1.165, 1.54) is 10.5 Å². The van der Waals surface area contributed by atoms with Crippen LogP contribution in [0.4, 0.5) is 0 Å². The van der Waals surface area contributed by atoms with Crippen molar-refractivity contribution in [3.63, 3.8) is 0 Å². The lowest BCUT2D eigenvalue weighted by molar-refractivity contribution is 0.0831. The van der Waals surface area contributed by atoms with Crippen molar-refractivity contribution in [1.82, 2.24) is 0 Å². The van der Waals surface area contributed by atoms with Crippen molar-refractivity contribution in [1.29, 1.82) is 0 Å². The lowest BCUT2D eigenvalue weighted by atomic mass is 9.88. The Balaban J connectivity index is 0.000000287. The number of rotatable bonds is 2. The van der Waals surface area contributed by atoms with Crippen molar-refractivity contribution in [2.45, 2.75) is 73.8 Å². The number of phenolic OH excluding ortho intramolecular Hbond substituents is 2. The van der Waals surface area contributed by atoms with Crippen molar-refractivity contribution in [3.8, 4) is 17.2 Å². The molecular weight excluding hydrogens is 392 g/mol. The van der Waals surface area contributed by atoms with Crippen LogP contribution < -0.4 is 4.74 Å². The second-order valence-electron chi connectivity index (χ2n) is 7.94. The molecule has 2 aromatic rings. The van der Waals surface area contributed by atoms with E-state index >= 15 is 0 Å². The Kier molecular flexibility index (Phi) is 9.83. The summed E-state index contributed by atoms with van der Waals surface area (Å²) in [5.41, 5.74) is 5.21. The first-order valence-corrected chi connectivity index (χ1v) is 11.8. The summed E-state index contributed by atoms with van der Waals surface area (Å²) >= 11 is 1.72. The molecule has 1 heterocycles. The molecule has 1 aliphatic rings. The number of phenols is 2. The highest BCUT2D eigenvalue weighted by molar-refractivity contribution is 8.02. The highest BCUT2D eigenvalue weighted by Gasteiger charge is 2.30. The van der Waals surface area contributed by atoms with E-state index in [4.69, 9.17) is 9.84 Å². The molecule has 3 nitrogen and oxygen atoms in total. The molecule has 166 valence electrons. The minimum absolute atomic E-state index is 0.0897. The molecule has 0 unspecified atom stereocenters. The van der Waals surface area contributed by atoms with E-state index < -0.39 is 0 Å². The van der Waals surface area contributed by atoms with Gasteiger partial charge in [0.25, 0.3) is 0 Å². The number of benzene rings is 2. The number of fused-ring (bicyclic) bond motifs is 1. The maximum absolute atomic E-state index is 10.0. The molecule has 0 saturated carbocycles. The van der Waals surface area contributed by atoms with Gasteiger partial charge in [0.05, 0.1) is 0 Å². The number of hydrogen-bond acceptors (Lipinski definition) is 4. The normalized spacial score (nSPS) is 14.4. The smallest absolute Gasteiger partial charge is 0.127 e. The van der Waals surface area contributed by atoms with Crippen molar-refractivity contribution in [3.05, 3.63) is 57.0 Å². The van der Waals surface area contributed by atoms with Crippen molar-refractivity contribution in [2.75, 3.05) is 6.26 Å². The summed E-state index contributed by atoms with van der Waals surface area (Å²) in [6, 6.07) is 7.18. The topological polar surface area (TPSA) is 49.7 Å². The van der Waals surface area contributed by atoms with Gasteiger partial charge in [-0.25, -0.2) is 0 Å². The number of thioether (sulfide) groups is 1. The molecule has 0 bridgehead atoms. The maximum atomic E-state index is 10.0. The summed E-state index contributed by atoms with van der Waals surface area (Å²) in [6.07, 6.45) is 6.13. The Morgan fingerprint density at radius 2 is 1.57 bits per heavy atom. The molecule has 1 aliphatic heterocycles. The number of hydrogen-bond donors (Lipinski definition) is 2. The third-order valence-electron chi connectivity index (χ3n) is 5.28. The Hall–Kier alpha value is -2.07. The molecule has 0 spiro atoms. The minimum Gasteiger partial charge on any atom is -0.508 e. The molecule has 0 fully saturated rings. The first-order valence-electron chi connectivity index (χ1n) is 10.6. The zero-order valence-corrected chi connectivity index (χ0v) is 20.8. The van der Waals surface area contributed by atoms with Crippen LogP contribution in [0, 0.1) is 20.8 Å². The van der Waals surface area contributed by atoms with Crippen LogP contribution in [0.1, 0.15) is 68.9 Å². The molecule has 0 radical (unpaired) electrons. The zero-order chi connectivity index (χ0) is 23.1. The van der Waals surface area contributed by atoms with Gasteiger partial charge in [0, 0.05) is 5.56 Å². The molecule has 4 heteroatoms. The SMILES string of the molecule is CC.CS/C(C)=C\c1ccc(O)cc1.Cc1c(C)c2c(c(C)c1O)CCC(C)(C)O2. The van der Waals surface area contributed by atoms with E-state index in [1.54, 1.807) is 23.9 Å². The van der Waals surface area contributed by atoms with Crippen molar-refractivity contribution in [2.24, 2.45) is 0 Å². The molecule has 0 saturated heterocycles. The number of allylic oxidation sites excluding steroid dienone is 1. The summed E-state index contributed by atoms with van der Waals surface area (Å²) in [4.78, 5) is 1.26. The molecule has 0 aromatic heterocycles. The lowest BCUT2D eigenvalue weighted by Crippen LogP contribution is -2.33. The maximum Gasteiger partial charge on any atom is 0.127 e. The highest BCUT2D eigenvalue weighted by Crippen LogP contribution is 2.42. The fourth-order valence-electron chi connectivity index (χ4n) is 3.23. The van der Waals surface area contributed by atoms with Gasteiger partial charge in [-0.3, -0.25) is 0 Å². The highest BCUT2D eigenvalue weighted by atomic mass is 32.2. The second-order valence-corrected chi connectivity index (χ2v) is 9.00. The van der Waals surface area contributed by atoms with Gasteiger partial charge in [-0.15, -0.1) is 11.8 Å². The molecule has 0 aliphatic carbocycles. The van der Waals surface area contributed by atoms with Crippen LogP contribution in [-0.2, 0) is 6.42 Å². The Labute approximate surface area is 187 Å². The van der Waals surface area contributed by atoms with E-state index in [2.05, 4.69) is 26.8 Å². The summed E-state index contributed by atoms with van der Waals surface area (Å²) in [5, 5.41) is 19.0. The first-order chi connectivity index (χ1) is 14.1. The monoisotopic (exact) mass is 430 g/mol. The van der Waals surface area contributed by atoms with Gasteiger partial charge in [-0.1, -0.05) is 26.0 Å². The predicted molar refractivity (Wildman–Crippen MR) is 132 cm³/mol.